The fraction of sp³-hybridized carbons (Fsp3) is 0.0600. The average molecular weight is 681 g/mol. The van der Waals surface area contributed by atoms with Crippen molar-refractivity contribution < 1.29 is 4.42 Å². The smallest absolute Gasteiger partial charge is 0.227 e. The summed E-state index contributed by atoms with van der Waals surface area (Å²) in [6.07, 6.45) is 0. The molecule has 9 aromatic rings. The van der Waals surface area contributed by atoms with Crippen molar-refractivity contribution in [2.75, 3.05) is 4.90 Å². The Morgan fingerprint density at radius 3 is 1.77 bits per heavy atom. The van der Waals surface area contributed by atoms with Crippen LogP contribution in [0, 0.1) is 0 Å². The fourth-order valence-corrected chi connectivity index (χ4v) is 8.26. The van der Waals surface area contributed by atoms with Gasteiger partial charge >= 0.3 is 0 Å². The summed E-state index contributed by atoms with van der Waals surface area (Å²) in [4.78, 5) is 7.33. The van der Waals surface area contributed by atoms with Gasteiger partial charge in [-0.3, -0.25) is 0 Å². The Morgan fingerprint density at radius 1 is 0.472 bits per heavy atom. The lowest BCUT2D eigenvalue weighted by Gasteiger charge is -2.26. The molecule has 1 aromatic heterocycles. The van der Waals surface area contributed by atoms with E-state index >= 15 is 0 Å². The van der Waals surface area contributed by atoms with E-state index in [1.165, 1.54) is 33.4 Å². The highest BCUT2D eigenvalue weighted by molar-refractivity contribution is 6.10. The van der Waals surface area contributed by atoms with Crippen LogP contribution >= 0.6 is 0 Å². The fourth-order valence-electron chi connectivity index (χ4n) is 8.26. The normalized spacial score (nSPS) is 12.9. The number of nitrogens with zero attached hydrogens (tertiary/aromatic N) is 2. The van der Waals surface area contributed by atoms with E-state index in [1.807, 2.05) is 30.3 Å². The summed E-state index contributed by atoms with van der Waals surface area (Å²) in [5.41, 5.74) is 15.9. The maximum atomic E-state index is 6.55. The van der Waals surface area contributed by atoms with Crippen molar-refractivity contribution in [2.45, 2.75) is 19.3 Å². The van der Waals surface area contributed by atoms with Gasteiger partial charge in [0.1, 0.15) is 5.52 Å². The number of benzene rings is 8. The van der Waals surface area contributed by atoms with Crippen LogP contribution in [0.4, 0.5) is 17.1 Å². The molecule has 0 fully saturated rings. The lowest BCUT2D eigenvalue weighted by molar-refractivity contribution is 0.621. The molecular formula is C50H36N2O. The van der Waals surface area contributed by atoms with E-state index in [1.54, 1.807) is 0 Å². The minimum Gasteiger partial charge on any atom is -0.435 e. The van der Waals surface area contributed by atoms with Gasteiger partial charge in [-0.2, -0.15) is 0 Å². The van der Waals surface area contributed by atoms with Crippen LogP contribution in [0.2, 0.25) is 0 Å². The average Bonchev–Trinajstić information content (AvgIpc) is 3.77. The number of anilines is 3. The molecule has 53 heavy (non-hydrogen) atoms. The summed E-state index contributed by atoms with van der Waals surface area (Å²) in [6.45, 7) is 4.67. The zero-order valence-corrected chi connectivity index (χ0v) is 29.6. The van der Waals surface area contributed by atoms with Crippen LogP contribution in [-0.2, 0) is 5.41 Å². The van der Waals surface area contributed by atoms with Crippen LogP contribution in [-0.4, -0.2) is 4.98 Å². The second kappa shape index (κ2) is 12.2. The number of hydrogen-bond acceptors (Lipinski definition) is 3. The number of rotatable bonds is 6. The van der Waals surface area contributed by atoms with E-state index in [9.17, 15) is 0 Å². The first-order valence-electron chi connectivity index (χ1n) is 18.2. The van der Waals surface area contributed by atoms with Gasteiger partial charge in [0.25, 0.3) is 0 Å². The standard InChI is InChI=1S/C50H36N2O/c1-50(2)44-22-12-11-20-42(44)46-40(21-13-23-45(46)50)33-24-28-38(29-25-33)52(37-17-7-4-8-18-37)39-30-26-34(27-31-39)43-32-36-16-9-10-19-41(36)47-48(43)53-49(51-47)35-14-5-3-6-15-35/h3-32H,1-2H3. The Labute approximate surface area is 309 Å². The molecule has 0 amide bonds. The molecule has 1 heterocycles. The number of para-hydroxylation sites is 1. The minimum absolute atomic E-state index is 0.0333. The first-order valence-corrected chi connectivity index (χ1v) is 18.2. The van der Waals surface area contributed by atoms with E-state index < -0.39 is 0 Å². The monoisotopic (exact) mass is 680 g/mol. The van der Waals surface area contributed by atoms with E-state index in [4.69, 9.17) is 9.40 Å². The van der Waals surface area contributed by atoms with Crippen molar-refractivity contribution in [3.63, 3.8) is 0 Å². The highest BCUT2D eigenvalue weighted by Gasteiger charge is 2.36. The molecule has 1 aliphatic rings. The molecule has 0 bridgehead atoms. The molecule has 0 radical (unpaired) electrons. The summed E-state index contributed by atoms with van der Waals surface area (Å²) in [5.74, 6) is 0.627. The number of fused-ring (bicyclic) bond motifs is 6. The predicted octanol–water partition coefficient (Wildman–Crippen LogP) is 13.8. The number of aromatic nitrogens is 1. The molecule has 252 valence electrons. The van der Waals surface area contributed by atoms with Crippen molar-refractivity contribution in [3.05, 3.63) is 193 Å². The largest absolute Gasteiger partial charge is 0.435 e. The maximum absolute atomic E-state index is 6.55. The lowest BCUT2D eigenvalue weighted by Crippen LogP contribution is -2.14. The quantitative estimate of drug-likeness (QED) is 0.175. The second-order valence-electron chi connectivity index (χ2n) is 14.4. The molecule has 0 saturated carbocycles. The van der Waals surface area contributed by atoms with Gasteiger partial charge < -0.3 is 9.32 Å². The lowest BCUT2D eigenvalue weighted by atomic mass is 9.82. The summed E-state index contributed by atoms with van der Waals surface area (Å²) >= 11 is 0. The van der Waals surface area contributed by atoms with E-state index in [0.29, 0.717) is 5.89 Å². The van der Waals surface area contributed by atoms with Crippen LogP contribution in [0.1, 0.15) is 25.0 Å². The summed E-state index contributed by atoms with van der Waals surface area (Å²) in [5, 5.41) is 2.22. The highest BCUT2D eigenvalue weighted by atomic mass is 16.3. The van der Waals surface area contributed by atoms with Gasteiger partial charge in [0.2, 0.25) is 5.89 Å². The van der Waals surface area contributed by atoms with Crippen molar-refractivity contribution in [2.24, 2.45) is 0 Å². The third kappa shape index (κ3) is 5.08. The Morgan fingerprint density at radius 2 is 1.04 bits per heavy atom. The van der Waals surface area contributed by atoms with Crippen LogP contribution in [0.5, 0.6) is 0 Å². The summed E-state index contributed by atoms with van der Waals surface area (Å²) in [6, 6.07) is 64.8. The number of hydrogen-bond donors (Lipinski definition) is 0. The summed E-state index contributed by atoms with van der Waals surface area (Å²) in [7, 11) is 0. The highest BCUT2D eigenvalue weighted by Crippen LogP contribution is 2.52. The third-order valence-electron chi connectivity index (χ3n) is 10.9. The molecule has 0 aliphatic heterocycles. The molecular weight excluding hydrogens is 645 g/mol. The van der Waals surface area contributed by atoms with Crippen LogP contribution < -0.4 is 4.90 Å². The molecule has 10 rings (SSSR count). The van der Waals surface area contributed by atoms with E-state index in [2.05, 4.69) is 170 Å². The third-order valence-corrected chi connectivity index (χ3v) is 10.9. The minimum atomic E-state index is -0.0333. The van der Waals surface area contributed by atoms with Crippen LogP contribution in [0.3, 0.4) is 0 Å². The Bertz CT molecular complexity index is 2780. The first kappa shape index (κ1) is 31.1. The van der Waals surface area contributed by atoms with Crippen molar-refractivity contribution in [3.8, 4) is 44.8 Å². The van der Waals surface area contributed by atoms with Gasteiger partial charge in [-0.05, 0) is 98.9 Å². The van der Waals surface area contributed by atoms with Crippen molar-refractivity contribution in [1.82, 2.24) is 4.98 Å². The zero-order valence-electron chi connectivity index (χ0n) is 29.6. The molecule has 0 saturated heterocycles. The van der Waals surface area contributed by atoms with Gasteiger partial charge in [-0.25, -0.2) is 4.98 Å². The topological polar surface area (TPSA) is 29.3 Å². The Kier molecular flexibility index (Phi) is 7.16. The van der Waals surface area contributed by atoms with Crippen LogP contribution in [0.25, 0.3) is 66.7 Å². The zero-order chi connectivity index (χ0) is 35.5. The van der Waals surface area contributed by atoms with E-state index in [0.717, 1.165) is 55.6 Å². The molecule has 0 atom stereocenters. The van der Waals surface area contributed by atoms with E-state index in [-0.39, 0.29) is 5.41 Å². The number of oxazole rings is 1. The SMILES string of the molecule is CC1(C)c2ccccc2-c2c(-c3ccc(N(c4ccccc4)c4ccc(-c5cc6ccccc6c6nc(-c7ccccc7)oc56)cc4)cc3)cccc21. The van der Waals surface area contributed by atoms with Gasteiger partial charge in [-0.15, -0.1) is 0 Å². The molecule has 8 aromatic carbocycles. The van der Waals surface area contributed by atoms with Gasteiger partial charge in [0.05, 0.1) is 0 Å². The maximum Gasteiger partial charge on any atom is 0.227 e. The van der Waals surface area contributed by atoms with Crippen molar-refractivity contribution in [1.29, 1.82) is 0 Å². The van der Waals surface area contributed by atoms with Crippen LogP contribution in [0.15, 0.2) is 186 Å². The first-order chi connectivity index (χ1) is 26.0. The Hall–Kier alpha value is -6.71. The predicted molar refractivity (Wildman–Crippen MR) is 220 cm³/mol. The molecule has 0 unspecified atom stereocenters. The molecule has 3 heteroatoms. The molecule has 0 spiro atoms. The van der Waals surface area contributed by atoms with Crippen molar-refractivity contribution >= 4 is 38.9 Å². The Balaban J connectivity index is 1.05. The van der Waals surface area contributed by atoms with Gasteiger partial charge in [0, 0.05) is 39.0 Å². The molecule has 0 N–H and O–H groups in total. The second-order valence-corrected chi connectivity index (χ2v) is 14.4. The molecule has 3 nitrogen and oxygen atoms in total. The summed E-state index contributed by atoms with van der Waals surface area (Å²) < 4.78 is 6.55. The van der Waals surface area contributed by atoms with Gasteiger partial charge in [-0.1, -0.05) is 141 Å². The molecule has 1 aliphatic carbocycles. The van der Waals surface area contributed by atoms with Gasteiger partial charge in [0.15, 0.2) is 5.58 Å².